The third-order valence-electron chi connectivity index (χ3n) is 4.69. The van der Waals surface area contributed by atoms with Crippen LogP contribution in [0.15, 0.2) is 12.4 Å². The molecule has 1 amide bonds. The summed E-state index contributed by atoms with van der Waals surface area (Å²) in [5.41, 5.74) is 1.08. The number of amides is 1. The fourth-order valence-electron chi connectivity index (χ4n) is 3.27. The van der Waals surface area contributed by atoms with E-state index in [4.69, 9.17) is 0 Å². The average molecular weight is 422 g/mol. The number of anilines is 1. The van der Waals surface area contributed by atoms with Crippen molar-refractivity contribution in [3.05, 3.63) is 18.1 Å². The number of nitrogens with one attached hydrogen (secondary N) is 2. The highest BCUT2D eigenvalue weighted by Gasteiger charge is 2.23. The molecule has 1 aromatic heterocycles. The van der Waals surface area contributed by atoms with E-state index >= 15 is 0 Å². The van der Waals surface area contributed by atoms with Crippen LogP contribution >= 0.6 is 36.6 Å². The molecule has 6 nitrogen and oxygen atoms in total. The van der Waals surface area contributed by atoms with Gasteiger partial charge in [0.15, 0.2) is 0 Å². The Morgan fingerprint density at radius 3 is 2.77 bits per heavy atom. The largest absolute Gasteiger partial charge is 0.356 e. The molecule has 2 aliphatic heterocycles. The lowest BCUT2D eigenvalue weighted by Crippen LogP contribution is -2.47. The molecular formula is C17H29Cl2N5OS. The number of rotatable bonds is 5. The highest BCUT2D eigenvalue weighted by atomic mass is 35.5. The second-order valence-electron chi connectivity index (χ2n) is 6.48. The Morgan fingerprint density at radius 1 is 1.35 bits per heavy atom. The van der Waals surface area contributed by atoms with Crippen LogP contribution in [0.1, 0.15) is 31.9 Å². The molecule has 0 aromatic carbocycles. The number of aryl methyl sites for hydroxylation is 1. The van der Waals surface area contributed by atoms with Crippen molar-refractivity contribution in [1.29, 1.82) is 0 Å². The fraction of sp³-hybridized carbons (Fsp3) is 0.706. The second kappa shape index (κ2) is 11.8. The van der Waals surface area contributed by atoms with Gasteiger partial charge < -0.3 is 15.5 Å². The minimum atomic E-state index is 0. The summed E-state index contributed by atoms with van der Waals surface area (Å²) in [6, 6.07) is 2.69. The first-order valence-electron chi connectivity index (χ1n) is 8.91. The van der Waals surface area contributed by atoms with Crippen molar-refractivity contribution in [3.8, 4) is 0 Å². The lowest BCUT2D eigenvalue weighted by atomic mass is 10.0. The van der Waals surface area contributed by atoms with Gasteiger partial charge in [-0.05, 0) is 19.3 Å². The van der Waals surface area contributed by atoms with E-state index in [0.29, 0.717) is 12.5 Å². The van der Waals surface area contributed by atoms with Crippen LogP contribution in [0.25, 0.3) is 0 Å². The first kappa shape index (κ1) is 23.3. The van der Waals surface area contributed by atoms with Gasteiger partial charge in [-0.2, -0.15) is 11.8 Å². The second-order valence-corrected chi connectivity index (χ2v) is 7.63. The Balaban J connectivity index is 0.00000169. The molecule has 0 aliphatic carbocycles. The van der Waals surface area contributed by atoms with E-state index in [9.17, 15) is 4.79 Å². The third-order valence-corrected chi connectivity index (χ3v) is 5.82. The van der Waals surface area contributed by atoms with Crippen LogP contribution in [0.2, 0.25) is 0 Å². The molecule has 3 rings (SSSR count). The summed E-state index contributed by atoms with van der Waals surface area (Å²) in [6.45, 7) is 4.98. The molecule has 1 aromatic rings. The molecule has 0 spiro atoms. The van der Waals surface area contributed by atoms with Gasteiger partial charge in [0.05, 0.1) is 0 Å². The molecule has 9 heteroatoms. The summed E-state index contributed by atoms with van der Waals surface area (Å²) < 4.78 is 0. The van der Waals surface area contributed by atoms with Gasteiger partial charge >= 0.3 is 0 Å². The molecule has 3 heterocycles. The van der Waals surface area contributed by atoms with Crippen LogP contribution in [0, 0.1) is 0 Å². The lowest BCUT2D eigenvalue weighted by molar-refractivity contribution is -0.122. The minimum absolute atomic E-state index is 0. The summed E-state index contributed by atoms with van der Waals surface area (Å²) in [7, 11) is 0. The number of hydrogen-bond donors (Lipinski definition) is 2. The zero-order valence-electron chi connectivity index (χ0n) is 15.1. The van der Waals surface area contributed by atoms with Gasteiger partial charge in [0.1, 0.15) is 12.1 Å². The number of aromatic nitrogens is 2. The smallest absolute Gasteiger partial charge is 0.221 e. The zero-order chi connectivity index (χ0) is 16.8. The molecule has 148 valence electrons. The molecule has 2 aliphatic rings. The van der Waals surface area contributed by atoms with Gasteiger partial charge in [-0.3, -0.25) is 4.79 Å². The van der Waals surface area contributed by atoms with Crippen LogP contribution in [-0.2, 0) is 11.2 Å². The average Bonchev–Trinajstić information content (AvgIpc) is 2.63. The van der Waals surface area contributed by atoms with E-state index in [-0.39, 0.29) is 36.8 Å². The molecule has 2 N–H and O–H groups in total. The third kappa shape index (κ3) is 6.76. The van der Waals surface area contributed by atoms with E-state index in [0.717, 1.165) is 61.9 Å². The number of nitrogens with zero attached hydrogens (tertiary/aromatic N) is 3. The Labute approximate surface area is 172 Å². The van der Waals surface area contributed by atoms with Crippen LogP contribution in [0.4, 0.5) is 5.82 Å². The monoisotopic (exact) mass is 421 g/mol. The predicted molar refractivity (Wildman–Crippen MR) is 113 cm³/mol. The number of thioether (sulfide) groups is 1. The maximum absolute atomic E-state index is 12.2. The van der Waals surface area contributed by atoms with E-state index in [1.54, 1.807) is 6.33 Å². The predicted octanol–water partition coefficient (Wildman–Crippen LogP) is 2.06. The first-order valence-corrected chi connectivity index (χ1v) is 10.1. The Morgan fingerprint density at radius 2 is 2.12 bits per heavy atom. The quantitative estimate of drug-likeness (QED) is 0.757. The lowest BCUT2D eigenvalue weighted by Gasteiger charge is -2.33. The van der Waals surface area contributed by atoms with Crippen LogP contribution in [0.5, 0.6) is 0 Å². The molecule has 1 atom stereocenters. The highest BCUT2D eigenvalue weighted by Crippen LogP contribution is 2.18. The number of hydrogen-bond acceptors (Lipinski definition) is 6. The van der Waals surface area contributed by atoms with Crippen molar-refractivity contribution in [1.82, 2.24) is 20.6 Å². The number of halogens is 2. The van der Waals surface area contributed by atoms with Crippen molar-refractivity contribution in [2.24, 2.45) is 0 Å². The summed E-state index contributed by atoms with van der Waals surface area (Å²) in [5, 5.41) is 6.64. The molecule has 26 heavy (non-hydrogen) atoms. The van der Waals surface area contributed by atoms with Crippen molar-refractivity contribution >= 4 is 48.3 Å². The Hall–Kier alpha value is -0.760. The van der Waals surface area contributed by atoms with Gasteiger partial charge in [0.2, 0.25) is 5.91 Å². The van der Waals surface area contributed by atoms with Crippen molar-refractivity contribution in [2.45, 2.75) is 44.7 Å². The minimum Gasteiger partial charge on any atom is -0.356 e. The first-order chi connectivity index (χ1) is 11.7. The molecule has 2 saturated heterocycles. The number of carbonyl (C=O) groups excluding carboxylic acids is 1. The van der Waals surface area contributed by atoms with Crippen molar-refractivity contribution in [2.75, 3.05) is 36.0 Å². The Kier molecular flexibility index (Phi) is 10.6. The van der Waals surface area contributed by atoms with Gasteiger partial charge in [-0.25, -0.2) is 9.97 Å². The normalized spacial score (nSPS) is 20.7. The van der Waals surface area contributed by atoms with E-state index in [2.05, 4.69) is 38.5 Å². The van der Waals surface area contributed by atoms with Gasteiger partial charge in [-0.15, -0.1) is 24.8 Å². The van der Waals surface area contributed by atoms with Gasteiger partial charge in [0, 0.05) is 61.4 Å². The van der Waals surface area contributed by atoms with Gasteiger partial charge in [0.25, 0.3) is 0 Å². The maximum atomic E-state index is 12.2. The van der Waals surface area contributed by atoms with E-state index < -0.39 is 0 Å². The summed E-state index contributed by atoms with van der Waals surface area (Å²) in [6.07, 6.45) is 5.12. The van der Waals surface area contributed by atoms with Crippen LogP contribution in [-0.4, -0.2) is 59.1 Å². The highest BCUT2D eigenvalue weighted by molar-refractivity contribution is 7.99. The number of carbonyl (C=O) groups is 1. The number of piperidine rings is 1. The van der Waals surface area contributed by atoms with E-state index in [1.807, 2.05) is 11.8 Å². The van der Waals surface area contributed by atoms with Crippen LogP contribution < -0.4 is 15.5 Å². The molecule has 0 bridgehead atoms. The molecule has 0 saturated carbocycles. The standard InChI is InChI=1S/C17H27N5OS.2ClH/c1-2-13-9-16(20-12-19-13)22-6-3-14(4-7-22)21-17(23)10-15-11-24-8-5-18-15;;/h9,12,14-15,18H,2-8,10-11H2,1H3,(H,21,23);2*1H. The zero-order valence-corrected chi connectivity index (χ0v) is 17.6. The maximum Gasteiger partial charge on any atom is 0.221 e. The molecule has 1 unspecified atom stereocenters. The summed E-state index contributed by atoms with van der Waals surface area (Å²) in [5.74, 6) is 3.39. The SMILES string of the molecule is CCc1cc(N2CCC(NC(=O)CC3CSCCN3)CC2)ncn1.Cl.Cl. The van der Waals surface area contributed by atoms with Crippen molar-refractivity contribution in [3.63, 3.8) is 0 Å². The topological polar surface area (TPSA) is 70.2 Å². The summed E-state index contributed by atoms with van der Waals surface area (Å²) in [4.78, 5) is 23.2. The van der Waals surface area contributed by atoms with Crippen molar-refractivity contribution < 1.29 is 4.79 Å². The Bertz CT molecular complexity index is 552. The molecule has 2 fully saturated rings. The van der Waals surface area contributed by atoms with Gasteiger partial charge in [-0.1, -0.05) is 6.92 Å². The molecular weight excluding hydrogens is 393 g/mol. The molecule has 0 radical (unpaired) electrons. The summed E-state index contributed by atoms with van der Waals surface area (Å²) >= 11 is 1.93. The van der Waals surface area contributed by atoms with E-state index in [1.165, 1.54) is 0 Å². The van der Waals surface area contributed by atoms with Crippen LogP contribution in [0.3, 0.4) is 0 Å². The fourth-order valence-corrected chi connectivity index (χ4v) is 4.22.